The third-order valence-electron chi connectivity index (χ3n) is 4.03. The van der Waals surface area contributed by atoms with Crippen molar-refractivity contribution in [1.82, 2.24) is 0 Å². The predicted octanol–water partition coefficient (Wildman–Crippen LogP) is 5.93. The summed E-state index contributed by atoms with van der Waals surface area (Å²) >= 11 is 3.54. The van der Waals surface area contributed by atoms with Crippen molar-refractivity contribution in [1.29, 1.82) is 0 Å². The van der Waals surface area contributed by atoms with Crippen LogP contribution in [0.1, 0.15) is 50.7 Å². The van der Waals surface area contributed by atoms with Crippen LogP contribution in [0.15, 0.2) is 46.9 Å². The van der Waals surface area contributed by atoms with E-state index in [9.17, 15) is 4.79 Å². The lowest BCUT2D eigenvalue weighted by Crippen LogP contribution is -2.20. The minimum Gasteiger partial charge on any atom is -0.483 e. The van der Waals surface area contributed by atoms with Gasteiger partial charge in [-0.2, -0.15) is 0 Å². The Morgan fingerprint density at radius 2 is 1.96 bits per heavy atom. The molecular weight excluding hydrogens is 378 g/mol. The highest BCUT2D eigenvalue weighted by atomic mass is 79.9. The number of ether oxygens (including phenoxy) is 1. The van der Waals surface area contributed by atoms with Crippen LogP contribution < -0.4 is 10.1 Å². The molecule has 134 valence electrons. The fourth-order valence-corrected chi connectivity index (χ4v) is 3.14. The standard InChI is InChI=1S/C21H26BrNO2/c1-4-5-8-16-11-12-19(18(22)13-16)23-21(24)14-25-20-10-7-6-9-17(20)15(2)3/h6-7,9-13,15H,4-5,8,14H2,1-3H3,(H,23,24). The molecule has 0 saturated heterocycles. The number of hydrogen-bond acceptors (Lipinski definition) is 2. The van der Waals surface area contributed by atoms with Gasteiger partial charge in [0.25, 0.3) is 5.91 Å². The Bertz CT molecular complexity index is 713. The first kappa shape index (κ1) is 19.5. The molecule has 0 fully saturated rings. The third-order valence-corrected chi connectivity index (χ3v) is 4.68. The maximum atomic E-state index is 12.2. The zero-order valence-corrected chi connectivity index (χ0v) is 16.7. The summed E-state index contributed by atoms with van der Waals surface area (Å²) in [6.45, 7) is 6.40. The largest absolute Gasteiger partial charge is 0.483 e. The van der Waals surface area contributed by atoms with Gasteiger partial charge in [0, 0.05) is 4.47 Å². The molecule has 0 unspecified atom stereocenters. The summed E-state index contributed by atoms with van der Waals surface area (Å²) in [5, 5.41) is 2.90. The Morgan fingerprint density at radius 3 is 2.64 bits per heavy atom. The molecule has 1 amide bonds. The molecule has 2 aromatic rings. The van der Waals surface area contributed by atoms with E-state index in [1.165, 1.54) is 18.4 Å². The van der Waals surface area contributed by atoms with Gasteiger partial charge in [-0.05, 0) is 64.0 Å². The van der Waals surface area contributed by atoms with Gasteiger partial charge in [0.05, 0.1) is 5.69 Å². The smallest absolute Gasteiger partial charge is 0.262 e. The Hall–Kier alpha value is -1.81. The first-order valence-electron chi connectivity index (χ1n) is 8.81. The van der Waals surface area contributed by atoms with Gasteiger partial charge in [0.2, 0.25) is 0 Å². The van der Waals surface area contributed by atoms with E-state index in [1.807, 2.05) is 30.3 Å². The number of para-hydroxylation sites is 1. The van der Waals surface area contributed by atoms with Gasteiger partial charge in [-0.15, -0.1) is 0 Å². The number of carbonyl (C=O) groups is 1. The van der Waals surface area contributed by atoms with E-state index >= 15 is 0 Å². The normalized spacial score (nSPS) is 10.8. The third kappa shape index (κ3) is 5.89. The quantitative estimate of drug-likeness (QED) is 0.592. The molecule has 2 aromatic carbocycles. The molecule has 0 bridgehead atoms. The molecule has 0 aliphatic heterocycles. The van der Waals surface area contributed by atoms with Crippen LogP contribution in [0.4, 0.5) is 5.69 Å². The summed E-state index contributed by atoms with van der Waals surface area (Å²) in [7, 11) is 0. The molecule has 3 nitrogen and oxygen atoms in total. The molecule has 25 heavy (non-hydrogen) atoms. The fraction of sp³-hybridized carbons (Fsp3) is 0.381. The Kier molecular flexibility index (Phi) is 7.51. The van der Waals surface area contributed by atoms with E-state index in [4.69, 9.17) is 4.74 Å². The van der Waals surface area contributed by atoms with Crippen LogP contribution in [0.3, 0.4) is 0 Å². The average Bonchev–Trinajstić information content (AvgIpc) is 2.60. The van der Waals surface area contributed by atoms with Crippen molar-refractivity contribution in [3.8, 4) is 5.75 Å². The molecule has 2 rings (SSSR count). The predicted molar refractivity (Wildman–Crippen MR) is 107 cm³/mol. The second kappa shape index (κ2) is 9.62. The molecule has 0 radical (unpaired) electrons. The SMILES string of the molecule is CCCCc1ccc(NC(=O)COc2ccccc2C(C)C)c(Br)c1. The Labute approximate surface area is 158 Å². The van der Waals surface area contributed by atoms with Crippen LogP contribution in [-0.2, 0) is 11.2 Å². The Morgan fingerprint density at radius 1 is 1.20 bits per heavy atom. The van der Waals surface area contributed by atoms with E-state index in [2.05, 4.69) is 54.2 Å². The summed E-state index contributed by atoms with van der Waals surface area (Å²) in [5.41, 5.74) is 3.15. The lowest BCUT2D eigenvalue weighted by Gasteiger charge is -2.14. The molecule has 0 heterocycles. The second-order valence-electron chi connectivity index (χ2n) is 6.45. The minimum absolute atomic E-state index is 0.00619. The number of carbonyl (C=O) groups excluding carboxylic acids is 1. The summed E-state index contributed by atoms with van der Waals surface area (Å²) < 4.78 is 6.62. The highest BCUT2D eigenvalue weighted by molar-refractivity contribution is 9.10. The summed E-state index contributed by atoms with van der Waals surface area (Å²) in [4.78, 5) is 12.2. The van der Waals surface area contributed by atoms with Crippen LogP contribution in [-0.4, -0.2) is 12.5 Å². The maximum Gasteiger partial charge on any atom is 0.262 e. The summed E-state index contributed by atoms with van der Waals surface area (Å²) in [5.74, 6) is 0.950. The van der Waals surface area contributed by atoms with Crippen molar-refractivity contribution >= 4 is 27.5 Å². The van der Waals surface area contributed by atoms with E-state index in [0.29, 0.717) is 5.92 Å². The van der Waals surface area contributed by atoms with E-state index in [-0.39, 0.29) is 12.5 Å². The van der Waals surface area contributed by atoms with Gasteiger partial charge >= 0.3 is 0 Å². The van der Waals surface area contributed by atoms with Gasteiger partial charge in [-0.25, -0.2) is 0 Å². The number of nitrogens with one attached hydrogen (secondary N) is 1. The maximum absolute atomic E-state index is 12.2. The fourth-order valence-electron chi connectivity index (χ4n) is 2.61. The van der Waals surface area contributed by atoms with Gasteiger partial charge in [-0.3, -0.25) is 4.79 Å². The van der Waals surface area contributed by atoms with Crippen molar-refractivity contribution in [3.05, 3.63) is 58.1 Å². The Balaban J connectivity index is 1.95. The summed E-state index contributed by atoms with van der Waals surface area (Å²) in [6, 6.07) is 13.9. The molecule has 0 aliphatic carbocycles. The molecule has 4 heteroatoms. The zero-order chi connectivity index (χ0) is 18.2. The number of hydrogen-bond donors (Lipinski definition) is 1. The van der Waals surface area contributed by atoms with Crippen molar-refractivity contribution in [2.24, 2.45) is 0 Å². The lowest BCUT2D eigenvalue weighted by atomic mass is 10.0. The zero-order valence-electron chi connectivity index (χ0n) is 15.1. The van der Waals surface area contributed by atoms with Crippen LogP contribution >= 0.6 is 15.9 Å². The number of amides is 1. The van der Waals surface area contributed by atoms with Crippen LogP contribution in [0.2, 0.25) is 0 Å². The first-order chi connectivity index (χ1) is 12.0. The number of rotatable bonds is 8. The molecule has 0 saturated carbocycles. The van der Waals surface area contributed by atoms with Crippen molar-refractivity contribution in [2.45, 2.75) is 46.0 Å². The summed E-state index contributed by atoms with van der Waals surface area (Å²) in [6.07, 6.45) is 3.39. The van der Waals surface area contributed by atoms with Gasteiger partial charge in [0.15, 0.2) is 6.61 Å². The molecule has 0 aliphatic rings. The van der Waals surface area contributed by atoms with Gasteiger partial charge in [-0.1, -0.05) is 51.5 Å². The number of benzene rings is 2. The molecule has 0 spiro atoms. The van der Waals surface area contributed by atoms with Crippen LogP contribution in [0, 0.1) is 0 Å². The monoisotopic (exact) mass is 403 g/mol. The average molecular weight is 404 g/mol. The highest BCUT2D eigenvalue weighted by Crippen LogP contribution is 2.27. The molecular formula is C21H26BrNO2. The van der Waals surface area contributed by atoms with E-state index in [0.717, 1.165) is 27.9 Å². The number of halogens is 1. The van der Waals surface area contributed by atoms with Crippen molar-refractivity contribution in [2.75, 3.05) is 11.9 Å². The van der Waals surface area contributed by atoms with Gasteiger partial charge < -0.3 is 10.1 Å². The van der Waals surface area contributed by atoms with Gasteiger partial charge in [0.1, 0.15) is 5.75 Å². The van der Waals surface area contributed by atoms with Crippen molar-refractivity contribution < 1.29 is 9.53 Å². The number of unbranched alkanes of at least 4 members (excludes halogenated alkanes) is 1. The van der Waals surface area contributed by atoms with E-state index < -0.39 is 0 Å². The minimum atomic E-state index is -0.166. The lowest BCUT2D eigenvalue weighted by molar-refractivity contribution is -0.118. The molecule has 0 aromatic heterocycles. The van der Waals surface area contributed by atoms with E-state index in [1.54, 1.807) is 0 Å². The molecule has 1 N–H and O–H groups in total. The first-order valence-corrected chi connectivity index (χ1v) is 9.60. The molecule has 0 atom stereocenters. The van der Waals surface area contributed by atoms with Crippen LogP contribution in [0.25, 0.3) is 0 Å². The van der Waals surface area contributed by atoms with Crippen LogP contribution in [0.5, 0.6) is 5.75 Å². The number of anilines is 1. The second-order valence-corrected chi connectivity index (χ2v) is 7.30. The highest BCUT2D eigenvalue weighted by Gasteiger charge is 2.10. The van der Waals surface area contributed by atoms with Crippen molar-refractivity contribution in [3.63, 3.8) is 0 Å². The topological polar surface area (TPSA) is 38.3 Å². The number of aryl methyl sites for hydroxylation is 1.